The molecule has 1 heterocycles. The number of benzene rings is 1. The maximum absolute atomic E-state index is 5.50. The third-order valence-electron chi connectivity index (χ3n) is 7.05. The van der Waals surface area contributed by atoms with Crippen LogP contribution in [0.3, 0.4) is 0 Å². The predicted molar refractivity (Wildman–Crippen MR) is 89.5 cm³/mol. The molecule has 24 heavy (non-hydrogen) atoms. The van der Waals surface area contributed by atoms with Crippen LogP contribution in [0.25, 0.3) is 0 Å². The van der Waals surface area contributed by atoms with Crippen LogP contribution in [0.2, 0.25) is 0 Å². The Morgan fingerprint density at radius 2 is 1.67 bits per heavy atom. The fourth-order valence-electron chi connectivity index (χ4n) is 6.25. The Labute approximate surface area is 150 Å². The van der Waals surface area contributed by atoms with Crippen molar-refractivity contribution in [3.63, 3.8) is 0 Å². The Kier molecular flexibility index (Phi) is 4.20. The van der Waals surface area contributed by atoms with Gasteiger partial charge in [-0.15, -0.1) is 0 Å². The largest absolute Gasteiger partial charge is 1.00 e. The highest BCUT2D eigenvalue weighted by molar-refractivity contribution is 5.44. The Morgan fingerprint density at radius 1 is 1.04 bits per heavy atom. The molecule has 4 bridgehead atoms. The monoisotopic (exact) mass is 348 g/mol. The summed E-state index contributed by atoms with van der Waals surface area (Å²) < 4.78 is 10.9. The van der Waals surface area contributed by atoms with Crippen LogP contribution in [-0.4, -0.2) is 12.8 Å². The topological polar surface area (TPSA) is 30.5 Å². The molecule has 0 saturated heterocycles. The van der Waals surface area contributed by atoms with Crippen molar-refractivity contribution in [2.75, 3.05) is 6.79 Å². The molecule has 4 saturated carbocycles. The first-order valence-electron chi connectivity index (χ1n) is 9.32. The Hall–Kier alpha value is -0.930. The average molecular weight is 349 g/mol. The van der Waals surface area contributed by atoms with Gasteiger partial charge in [0.25, 0.3) is 0 Å². The molecule has 0 spiro atoms. The van der Waals surface area contributed by atoms with Crippen molar-refractivity contribution in [1.82, 2.24) is 5.32 Å². The minimum Gasteiger partial charge on any atom is -1.00 e. The van der Waals surface area contributed by atoms with E-state index >= 15 is 0 Å². The van der Waals surface area contributed by atoms with Crippen molar-refractivity contribution in [3.05, 3.63) is 23.8 Å². The third-order valence-corrected chi connectivity index (χ3v) is 7.05. The van der Waals surface area contributed by atoms with Crippen LogP contribution in [0.4, 0.5) is 0 Å². The summed E-state index contributed by atoms with van der Waals surface area (Å²) in [6.07, 6.45) is 8.97. The number of ether oxygens (including phenoxy) is 2. The SMILES string of the molecule is CC(NCc1ccc2c(c1)OCO2)C12CC3CC(CC(C3)C1)C2.[Cl-]. The van der Waals surface area contributed by atoms with E-state index in [0.29, 0.717) is 18.2 Å². The van der Waals surface area contributed by atoms with Crippen LogP contribution >= 0.6 is 0 Å². The first kappa shape index (κ1) is 16.5. The smallest absolute Gasteiger partial charge is 0.231 e. The van der Waals surface area contributed by atoms with E-state index in [2.05, 4.69) is 24.4 Å². The zero-order valence-corrected chi connectivity index (χ0v) is 15.1. The molecule has 4 fully saturated rings. The Morgan fingerprint density at radius 3 is 2.33 bits per heavy atom. The molecule has 1 atom stereocenters. The fourth-order valence-corrected chi connectivity index (χ4v) is 6.25. The summed E-state index contributed by atoms with van der Waals surface area (Å²) >= 11 is 0. The second-order valence-corrected chi connectivity index (χ2v) is 8.57. The number of halogens is 1. The molecule has 132 valence electrons. The van der Waals surface area contributed by atoms with Gasteiger partial charge in [0.2, 0.25) is 6.79 Å². The third kappa shape index (κ3) is 2.70. The summed E-state index contributed by atoms with van der Waals surface area (Å²) in [6.45, 7) is 3.72. The number of hydrogen-bond acceptors (Lipinski definition) is 3. The summed E-state index contributed by atoms with van der Waals surface area (Å²) in [5.74, 6) is 4.85. The van der Waals surface area contributed by atoms with Crippen molar-refractivity contribution in [3.8, 4) is 11.5 Å². The van der Waals surface area contributed by atoms with Gasteiger partial charge in [-0.2, -0.15) is 0 Å². The highest BCUT2D eigenvalue weighted by atomic mass is 35.5. The summed E-state index contributed by atoms with van der Waals surface area (Å²) in [5, 5.41) is 3.85. The minimum absolute atomic E-state index is 0. The summed E-state index contributed by atoms with van der Waals surface area (Å²) in [5.41, 5.74) is 1.87. The van der Waals surface area contributed by atoms with E-state index in [4.69, 9.17) is 9.47 Å². The molecule has 0 aromatic heterocycles. The quantitative estimate of drug-likeness (QED) is 0.884. The second kappa shape index (κ2) is 6.10. The van der Waals surface area contributed by atoms with Crippen molar-refractivity contribution in [2.24, 2.45) is 23.2 Å². The van der Waals surface area contributed by atoms with Crippen LogP contribution < -0.4 is 27.2 Å². The van der Waals surface area contributed by atoms with Gasteiger partial charge in [0.05, 0.1) is 0 Å². The normalized spacial score (nSPS) is 36.5. The van der Waals surface area contributed by atoms with E-state index in [-0.39, 0.29) is 12.4 Å². The maximum Gasteiger partial charge on any atom is 0.231 e. The number of fused-ring (bicyclic) bond motifs is 1. The summed E-state index contributed by atoms with van der Waals surface area (Å²) in [6, 6.07) is 6.94. The molecule has 4 aliphatic carbocycles. The highest BCUT2D eigenvalue weighted by Crippen LogP contribution is 2.61. The van der Waals surface area contributed by atoms with Gasteiger partial charge in [-0.1, -0.05) is 6.07 Å². The van der Waals surface area contributed by atoms with Gasteiger partial charge in [-0.3, -0.25) is 0 Å². The van der Waals surface area contributed by atoms with E-state index in [9.17, 15) is 0 Å². The molecule has 5 aliphatic rings. The molecule has 4 heteroatoms. The van der Waals surface area contributed by atoms with Crippen molar-refractivity contribution < 1.29 is 21.9 Å². The lowest BCUT2D eigenvalue weighted by Crippen LogP contribution is -3.00. The lowest BCUT2D eigenvalue weighted by atomic mass is 9.48. The molecule has 3 nitrogen and oxygen atoms in total. The van der Waals surface area contributed by atoms with Crippen LogP contribution in [0, 0.1) is 23.2 Å². The van der Waals surface area contributed by atoms with Crippen LogP contribution in [0.5, 0.6) is 11.5 Å². The van der Waals surface area contributed by atoms with Crippen LogP contribution in [0.1, 0.15) is 51.0 Å². The lowest BCUT2D eigenvalue weighted by molar-refractivity contribution is -0.0706. The molecule has 1 aromatic rings. The highest BCUT2D eigenvalue weighted by Gasteiger charge is 2.52. The van der Waals surface area contributed by atoms with E-state index in [1.807, 2.05) is 6.07 Å². The van der Waals surface area contributed by atoms with Gasteiger partial charge in [0.15, 0.2) is 11.5 Å². The standard InChI is InChI=1S/C20H27NO2.ClH/c1-13(20-8-15-4-16(9-20)6-17(5-15)10-20)21-11-14-2-3-18-19(7-14)23-12-22-18;/h2-3,7,13,15-17,21H,4-6,8-12H2,1H3;1H/p-1. The lowest BCUT2D eigenvalue weighted by Gasteiger charge is -2.59. The van der Waals surface area contributed by atoms with Gasteiger partial charge >= 0.3 is 0 Å². The first-order valence-corrected chi connectivity index (χ1v) is 9.32. The predicted octanol–water partition coefficient (Wildman–Crippen LogP) is 1.11. The van der Waals surface area contributed by atoms with Crippen molar-refractivity contribution >= 4 is 0 Å². The second-order valence-electron chi connectivity index (χ2n) is 8.57. The van der Waals surface area contributed by atoms with Gasteiger partial charge in [0, 0.05) is 12.6 Å². The molecular weight excluding hydrogens is 322 g/mol. The zero-order valence-electron chi connectivity index (χ0n) is 14.4. The Balaban J connectivity index is 0.00000146. The number of hydrogen-bond donors (Lipinski definition) is 1. The van der Waals surface area contributed by atoms with E-state index in [0.717, 1.165) is 35.8 Å². The van der Waals surface area contributed by atoms with Crippen molar-refractivity contribution in [1.29, 1.82) is 0 Å². The molecule has 1 N–H and O–H groups in total. The van der Waals surface area contributed by atoms with E-state index in [1.54, 1.807) is 0 Å². The first-order chi connectivity index (χ1) is 11.2. The van der Waals surface area contributed by atoms with Crippen LogP contribution in [0.15, 0.2) is 18.2 Å². The van der Waals surface area contributed by atoms with E-state index in [1.165, 1.54) is 44.1 Å². The Bertz CT molecular complexity index is 582. The van der Waals surface area contributed by atoms with Gasteiger partial charge < -0.3 is 27.2 Å². The minimum atomic E-state index is 0. The molecule has 6 rings (SSSR count). The van der Waals surface area contributed by atoms with Crippen molar-refractivity contribution in [2.45, 2.75) is 58.0 Å². The molecule has 1 aromatic carbocycles. The molecule has 0 radical (unpaired) electrons. The summed E-state index contributed by atoms with van der Waals surface area (Å²) in [7, 11) is 0. The molecule has 1 unspecified atom stereocenters. The van der Waals surface area contributed by atoms with Gasteiger partial charge in [-0.25, -0.2) is 0 Å². The van der Waals surface area contributed by atoms with Gasteiger partial charge in [0.1, 0.15) is 0 Å². The molecule has 1 aliphatic heterocycles. The number of rotatable bonds is 4. The zero-order chi connectivity index (χ0) is 15.4. The van der Waals surface area contributed by atoms with Gasteiger partial charge in [-0.05, 0) is 86.3 Å². The fraction of sp³-hybridized carbons (Fsp3) is 0.700. The maximum atomic E-state index is 5.50. The van der Waals surface area contributed by atoms with E-state index < -0.39 is 0 Å². The molecular formula is C20H27ClNO2-. The average Bonchev–Trinajstić information content (AvgIpc) is 2.99. The van der Waals surface area contributed by atoms with Crippen LogP contribution in [-0.2, 0) is 6.54 Å². The number of nitrogens with one attached hydrogen (secondary N) is 1. The summed E-state index contributed by atoms with van der Waals surface area (Å²) in [4.78, 5) is 0. The molecule has 0 amide bonds.